The number of nitrogens with one attached hydrogen (secondary N) is 2. The van der Waals surface area contributed by atoms with Gasteiger partial charge in [-0.3, -0.25) is 9.59 Å². The number of rotatable bonds is 7. The number of hydrogen-bond donors (Lipinski definition) is 2. The van der Waals surface area contributed by atoms with Gasteiger partial charge in [-0.15, -0.1) is 0 Å². The van der Waals surface area contributed by atoms with Crippen LogP contribution in [0.15, 0.2) is 48.5 Å². The van der Waals surface area contributed by atoms with E-state index in [1.165, 1.54) is 0 Å². The standard InChI is InChI=1S/C22H26ClN3O3/c1-2-15-29-18-9-7-17(8-10-18)22(28)26-13-11-25(12-14-26)16-21(27)24-20-6-4-3-5-19(20)23/h3-10H,2,11-16H2,1H3,(H,24,27)/p+1. The van der Waals surface area contributed by atoms with E-state index in [2.05, 4.69) is 12.2 Å². The van der Waals surface area contributed by atoms with Crippen LogP contribution in [0.25, 0.3) is 0 Å². The zero-order valence-electron chi connectivity index (χ0n) is 16.6. The number of nitrogens with zero attached hydrogens (tertiary/aromatic N) is 1. The number of carbonyl (C=O) groups is 2. The molecule has 1 fully saturated rings. The second-order valence-electron chi connectivity index (χ2n) is 7.12. The Hall–Kier alpha value is -2.57. The van der Waals surface area contributed by atoms with Crippen molar-refractivity contribution in [3.05, 3.63) is 59.1 Å². The Balaban J connectivity index is 1.46. The summed E-state index contributed by atoms with van der Waals surface area (Å²) in [4.78, 5) is 28.0. The van der Waals surface area contributed by atoms with E-state index in [0.717, 1.165) is 30.2 Å². The average molecular weight is 417 g/mol. The topological polar surface area (TPSA) is 63.1 Å². The molecule has 1 heterocycles. The molecule has 0 bridgehead atoms. The lowest BCUT2D eigenvalue weighted by molar-refractivity contribution is -0.895. The van der Waals surface area contributed by atoms with Crippen LogP contribution in [0.3, 0.4) is 0 Å². The van der Waals surface area contributed by atoms with Gasteiger partial charge >= 0.3 is 0 Å². The molecule has 0 saturated carbocycles. The van der Waals surface area contributed by atoms with Crippen molar-refractivity contribution in [1.29, 1.82) is 0 Å². The molecule has 154 valence electrons. The maximum atomic E-state index is 12.7. The molecule has 1 aliphatic heterocycles. The van der Waals surface area contributed by atoms with Crippen LogP contribution in [0.5, 0.6) is 5.75 Å². The zero-order valence-corrected chi connectivity index (χ0v) is 17.4. The van der Waals surface area contributed by atoms with E-state index < -0.39 is 0 Å². The molecule has 0 radical (unpaired) electrons. The van der Waals surface area contributed by atoms with Crippen LogP contribution in [-0.4, -0.2) is 56.0 Å². The summed E-state index contributed by atoms with van der Waals surface area (Å²) < 4.78 is 5.56. The number of anilines is 1. The molecule has 1 aliphatic rings. The number of halogens is 1. The molecule has 2 N–H and O–H groups in total. The molecule has 3 rings (SSSR count). The van der Waals surface area contributed by atoms with E-state index in [9.17, 15) is 9.59 Å². The minimum absolute atomic E-state index is 0.0200. The van der Waals surface area contributed by atoms with Crippen LogP contribution in [-0.2, 0) is 4.79 Å². The quantitative estimate of drug-likeness (QED) is 0.726. The Morgan fingerprint density at radius 3 is 2.45 bits per heavy atom. The molecule has 0 unspecified atom stereocenters. The highest BCUT2D eigenvalue weighted by molar-refractivity contribution is 6.33. The van der Waals surface area contributed by atoms with E-state index in [0.29, 0.717) is 42.5 Å². The summed E-state index contributed by atoms with van der Waals surface area (Å²) in [6.45, 7) is 5.81. The van der Waals surface area contributed by atoms with E-state index in [4.69, 9.17) is 16.3 Å². The molecule has 0 spiro atoms. The maximum absolute atomic E-state index is 12.7. The smallest absolute Gasteiger partial charge is 0.279 e. The van der Waals surface area contributed by atoms with Crippen LogP contribution in [0.4, 0.5) is 5.69 Å². The van der Waals surface area contributed by atoms with Gasteiger partial charge < -0.3 is 19.9 Å². The summed E-state index contributed by atoms with van der Waals surface area (Å²) in [5.74, 6) is 0.726. The predicted octanol–water partition coefficient (Wildman–Crippen LogP) is 2.11. The lowest BCUT2D eigenvalue weighted by Gasteiger charge is -2.32. The van der Waals surface area contributed by atoms with E-state index in [1.807, 2.05) is 41.3 Å². The number of amides is 2. The number of piperazine rings is 1. The van der Waals surface area contributed by atoms with E-state index >= 15 is 0 Å². The Bertz CT molecular complexity index is 833. The molecule has 6 nitrogen and oxygen atoms in total. The first kappa shape index (κ1) is 21.1. The zero-order chi connectivity index (χ0) is 20.6. The molecule has 7 heteroatoms. The summed E-state index contributed by atoms with van der Waals surface area (Å²) in [5.41, 5.74) is 1.28. The highest BCUT2D eigenvalue weighted by Gasteiger charge is 2.26. The van der Waals surface area contributed by atoms with Crippen molar-refractivity contribution in [2.75, 3.05) is 44.6 Å². The van der Waals surface area contributed by atoms with Gasteiger partial charge in [-0.1, -0.05) is 30.7 Å². The van der Waals surface area contributed by atoms with Gasteiger partial charge in [0.05, 0.1) is 43.5 Å². The van der Waals surface area contributed by atoms with Gasteiger partial charge in [-0.05, 0) is 42.8 Å². The molecule has 0 aromatic heterocycles. The first-order chi connectivity index (χ1) is 14.1. The van der Waals surface area contributed by atoms with Crippen LogP contribution < -0.4 is 15.0 Å². The largest absolute Gasteiger partial charge is 0.494 e. The first-order valence-electron chi connectivity index (χ1n) is 9.97. The second kappa shape index (κ2) is 10.3. The van der Waals surface area contributed by atoms with Gasteiger partial charge in [-0.2, -0.15) is 0 Å². The molecule has 0 atom stereocenters. The third kappa shape index (κ3) is 5.95. The molecular formula is C22H27ClN3O3+. The number of hydrogen-bond acceptors (Lipinski definition) is 3. The fourth-order valence-electron chi connectivity index (χ4n) is 3.28. The van der Waals surface area contributed by atoms with Gasteiger partial charge in [0.15, 0.2) is 6.54 Å². The van der Waals surface area contributed by atoms with Crippen molar-refractivity contribution in [1.82, 2.24) is 4.90 Å². The Morgan fingerprint density at radius 1 is 1.10 bits per heavy atom. The molecule has 2 amide bonds. The summed E-state index contributed by atoms with van der Waals surface area (Å²) in [5, 5.41) is 3.38. The van der Waals surface area contributed by atoms with Gasteiger partial charge in [0, 0.05) is 5.56 Å². The highest BCUT2D eigenvalue weighted by atomic mass is 35.5. The third-order valence-corrected chi connectivity index (χ3v) is 5.22. The second-order valence-corrected chi connectivity index (χ2v) is 7.53. The maximum Gasteiger partial charge on any atom is 0.279 e. The predicted molar refractivity (Wildman–Crippen MR) is 114 cm³/mol. The molecule has 2 aromatic carbocycles. The van der Waals surface area contributed by atoms with Gasteiger partial charge in [0.2, 0.25) is 0 Å². The highest BCUT2D eigenvalue weighted by Crippen LogP contribution is 2.20. The lowest BCUT2D eigenvalue weighted by atomic mass is 10.1. The van der Waals surface area contributed by atoms with Crippen molar-refractivity contribution in [2.24, 2.45) is 0 Å². The minimum Gasteiger partial charge on any atom is -0.494 e. The molecule has 29 heavy (non-hydrogen) atoms. The monoisotopic (exact) mass is 416 g/mol. The Labute approximate surface area is 176 Å². The summed E-state index contributed by atoms with van der Waals surface area (Å²) in [6, 6.07) is 14.5. The van der Waals surface area contributed by atoms with Gasteiger partial charge in [0.25, 0.3) is 11.8 Å². The average Bonchev–Trinajstić information content (AvgIpc) is 2.74. The summed E-state index contributed by atoms with van der Waals surface area (Å²) in [7, 11) is 0. The van der Waals surface area contributed by atoms with Crippen LogP contribution in [0.1, 0.15) is 23.7 Å². The molecule has 1 saturated heterocycles. The molecule has 0 aliphatic carbocycles. The van der Waals surface area contributed by atoms with E-state index in [1.54, 1.807) is 12.1 Å². The number of para-hydroxylation sites is 1. The fraction of sp³-hybridized carbons (Fsp3) is 0.364. The third-order valence-electron chi connectivity index (χ3n) is 4.89. The summed E-state index contributed by atoms with van der Waals surface area (Å²) >= 11 is 6.08. The number of benzene rings is 2. The normalized spacial score (nSPS) is 14.5. The SMILES string of the molecule is CCCOc1ccc(C(=O)N2CC[NH+](CC(=O)Nc3ccccc3Cl)CC2)cc1. The molecular weight excluding hydrogens is 390 g/mol. The van der Waals surface area contributed by atoms with Crippen molar-refractivity contribution in [3.63, 3.8) is 0 Å². The van der Waals surface area contributed by atoms with Crippen molar-refractivity contribution in [2.45, 2.75) is 13.3 Å². The fourth-order valence-corrected chi connectivity index (χ4v) is 3.47. The minimum atomic E-state index is -0.0736. The Morgan fingerprint density at radius 2 is 1.79 bits per heavy atom. The van der Waals surface area contributed by atoms with Crippen molar-refractivity contribution < 1.29 is 19.2 Å². The lowest BCUT2D eigenvalue weighted by Crippen LogP contribution is -3.15. The number of ether oxygens (including phenoxy) is 1. The van der Waals surface area contributed by atoms with Crippen molar-refractivity contribution >= 4 is 29.1 Å². The number of quaternary nitrogens is 1. The van der Waals surface area contributed by atoms with Gasteiger partial charge in [0.1, 0.15) is 5.75 Å². The number of carbonyl (C=O) groups excluding carboxylic acids is 2. The van der Waals surface area contributed by atoms with Gasteiger partial charge in [-0.25, -0.2) is 0 Å². The van der Waals surface area contributed by atoms with E-state index in [-0.39, 0.29) is 11.8 Å². The summed E-state index contributed by atoms with van der Waals surface area (Å²) in [6.07, 6.45) is 0.948. The van der Waals surface area contributed by atoms with Crippen LogP contribution in [0.2, 0.25) is 5.02 Å². The van der Waals surface area contributed by atoms with Crippen LogP contribution in [0, 0.1) is 0 Å². The van der Waals surface area contributed by atoms with Crippen molar-refractivity contribution in [3.8, 4) is 5.75 Å². The molecule has 2 aromatic rings. The Kier molecular flexibility index (Phi) is 7.49. The van der Waals surface area contributed by atoms with Crippen LogP contribution >= 0.6 is 11.6 Å². The first-order valence-corrected chi connectivity index (χ1v) is 10.3.